The first-order valence-corrected chi connectivity index (χ1v) is 6.96. The van der Waals surface area contributed by atoms with Crippen molar-refractivity contribution >= 4 is 17.3 Å². The first-order valence-electron chi connectivity index (χ1n) is 6.96. The van der Waals surface area contributed by atoms with Crippen molar-refractivity contribution in [3.05, 3.63) is 54.2 Å². The standard InChI is InChI=1S/C16H19N5/c1-16(2,12-6-4-3-5-7-12)11-18-13-8-9-21-14(10-13)19-15(17)20-21/h3-10,18H,11H2,1-2H3,(H2,17,20). The minimum Gasteiger partial charge on any atom is -0.384 e. The monoisotopic (exact) mass is 281 g/mol. The molecule has 0 atom stereocenters. The molecular formula is C16H19N5. The van der Waals surface area contributed by atoms with Crippen LogP contribution in [0.2, 0.25) is 0 Å². The number of nitrogens with zero attached hydrogens (tertiary/aromatic N) is 3. The van der Waals surface area contributed by atoms with Crippen LogP contribution in [0.4, 0.5) is 11.6 Å². The van der Waals surface area contributed by atoms with Gasteiger partial charge in [-0.25, -0.2) is 4.52 Å². The zero-order valence-corrected chi connectivity index (χ0v) is 12.2. The van der Waals surface area contributed by atoms with E-state index in [0.29, 0.717) is 0 Å². The Balaban J connectivity index is 1.76. The van der Waals surface area contributed by atoms with Crippen molar-refractivity contribution < 1.29 is 0 Å². The first kappa shape index (κ1) is 13.4. The normalized spacial score (nSPS) is 11.7. The van der Waals surface area contributed by atoms with Gasteiger partial charge in [-0.1, -0.05) is 44.2 Å². The van der Waals surface area contributed by atoms with Crippen molar-refractivity contribution in [2.75, 3.05) is 17.6 Å². The number of pyridine rings is 1. The van der Waals surface area contributed by atoms with Gasteiger partial charge in [0.05, 0.1) is 0 Å². The van der Waals surface area contributed by atoms with Crippen molar-refractivity contribution in [2.45, 2.75) is 19.3 Å². The van der Waals surface area contributed by atoms with Gasteiger partial charge in [-0.05, 0) is 11.6 Å². The van der Waals surface area contributed by atoms with Gasteiger partial charge < -0.3 is 11.1 Å². The molecule has 2 aromatic heterocycles. The Hall–Kier alpha value is -2.56. The molecule has 5 nitrogen and oxygen atoms in total. The highest BCUT2D eigenvalue weighted by atomic mass is 15.3. The number of anilines is 2. The zero-order valence-electron chi connectivity index (χ0n) is 12.2. The van der Waals surface area contributed by atoms with E-state index in [1.807, 2.05) is 24.4 Å². The molecule has 1 aromatic carbocycles. The molecule has 0 aliphatic carbocycles. The van der Waals surface area contributed by atoms with Crippen LogP contribution < -0.4 is 11.1 Å². The average molecular weight is 281 g/mol. The van der Waals surface area contributed by atoms with E-state index in [2.05, 4.69) is 53.5 Å². The van der Waals surface area contributed by atoms with Crippen LogP contribution in [0.3, 0.4) is 0 Å². The number of nitrogen functional groups attached to an aromatic ring is 1. The van der Waals surface area contributed by atoms with Gasteiger partial charge in [0.15, 0.2) is 5.65 Å². The summed E-state index contributed by atoms with van der Waals surface area (Å²) in [4.78, 5) is 4.17. The maximum absolute atomic E-state index is 5.60. The highest BCUT2D eigenvalue weighted by Crippen LogP contribution is 2.23. The van der Waals surface area contributed by atoms with Crippen molar-refractivity contribution in [3.63, 3.8) is 0 Å². The Morgan fingerprint density at radius 2 is 1.95 bits per heavy atom. The number of nitrogens with one attached hydrogen (secondary N) is 1. The number of rotatable bonds is 4. The summed E-state index contributed by atoms with van der Waals surface area (Å²) in [6.45, 7) is 5.28. The molecule has 3 N–H and O–H groups in total. The fraction of sp³-hybridized carbons (Fsp3) is 0.250. The Morgan fingerprint density at radius 3 is 2.71 bits per heavy atom. The van der Waals surface area contributed by atoms with Crippen LogP contribution in [-0.4, -0.2) is 21.1 Å². The molecule has 5 heteroatoms. The van der Waals surface area contributed by atoms with Gasteiger partial charge in [0, 0.05) is 29.9 Å². The highest BCUT2D eigenvalue weighted by Gasteiger charge is 2.19. The van der Waals surface area contributed by atoms with E-state index >= 15 is 0 Å². The van der Waals surface area contributed by atoms with Crippen molar-refractivity contribution in [1.29, 1.82) is 0 Å². The predicted molar refractivity (Wildman–Crippen MR) is 85.4 cm³/mol. The Bertz CT molecular complexity index is 746. The van der Waals surface area contributed by atoms with Gasteiger partial charge in [0.1, 0.15) is 0 Å². The van der Waals surface area contributed by atoms with E-state index in [4.69, 9.17) is 5.73 Å². The fourth-order valence-corrected chi connectivity index (χ4v) is 2.32. The molecule has 2 heterocycles. The summed E-state index contributed by atoms with van der Waals surface area (Å²) in [5, 5.41) is 7.53. The Kier molecular flexibility index (Phi) is 3.25. The SMILES string of the molecule is CC(C)(CNc1ccn2nc(N)nc2c1)c1ccccc1. The van der Waals surface area contributed by atoms with Crippen LogP contribution in [0, 0.1) is 0 Å². The summed E-state index contributed by atoms with van der Waals surface area (Å²) in [5.74, 6) is 0.289. The van der Waals surface area contributed by atoms with Crippen LogP contribution in [-0.2, 0) is 5.41 Å². The summed E-state index contributed by atoms with van der Waals surface area (Å²) in [6.07, 6.45) is 1.86. The van der Waals surface area contributed by atoms with Crippen LogP contribution in [0.1, 0.15) is 19.4 Å². The molecule has 108 valence electrons. The smallest absolute Gasteiger partial charge is 0.240 e. The molecule has 0 bridgehead atoms. The number of nitrogens with two attached hydrogens (primary N) is 1. The number of benzene rings is 1. The minimum absolute atomic E-state index is 0.0418. The van der Waals surface area contributed by atoms with E-state index in [-0.39, 0.29) is 11.4 Å². The molecule has 0 saturated heterocycles. The molecule has 0 unspecified atom stereocenters. The highest BCUT2D eigenvalue weighted by molar-refractivity contribution is 5.55. The molecule has 0 fully saturated rings. The van der Waals surface area contributed by atoms with E-state index < -0.39 is 0 Å². The van der Waals surface area contributed by atoms with Gasteiger partial charge in [-0.2, -0.15) is 4.98 Å². The van der Waals surface area contributed by atoms with E-state index in [0.717, 1.165) is 17.9 Å². The van der Waals surface area contributed by atoms with E-state index in [1.165, 1.54) is 5.56 Å². The van der Waals surface area contributed by atoms with Gasteiger partial charge in [-0.3, -0.25) is 0 Å². The van der Waals surface area contributed by atoms with E-state index in [1.54, 1.807) is 4.52 Å². The van der Waals surface area contributed by atoms with Crippen molar-refractivity contribution in [3.8, 4) is 0 Å². The molecule has 3 aromatic rings. The molecule has 0 amide bonds. The lowest BCUT2D eigenvalue weighted by Gasteiger charge is -2.26. The van der Waals surface area contributed by atoms with Crippen LogP contribution in [0.25, 0.3) is 5.65 Å². The van der Waals surface area contributed by atoms with Crippen LogP contribution in [0.15, 0.2) is 48.7 Å². The molecule has 0 spiro atoms. The van der Waals surface area contributed by atoms with Gasteiger partial charge in [0.2, 0.25) is 5.95 Å². The Morgan fingerprint density at radius 1 is 1.19 bits per heavy atom. The second-order valence-corrected chi connectivity index (χ2v) is 5.79. The quantitative estimate of drug-likeness (QED) is 0.771. The molecule has 0 saturated carbocycles. The average Bonchev–Trinajstić information content (AvgIpc) is 2.85. The number of hydrogen-bond acceptors (Lipinski definition) is 4. The first-order chi connectivity index (χ1) is 10.0. The summed E-state index contributed by atoms with van der Waals surface area (Å²) in [7, 11) is 0. The topological polar surface area (TPSA) is 68.2 Å². The van der Waals surface area contributed by atoms with Crippen molar-refractivity contribution in [1.82, 2.24) is 14.6 Å². The van der Waals surface area contributed by atoms with E-state index in [9.17, 15) is 0 Å². The zero-order chi connectivity index (χ0) is 14.9. The molecular weight excluding hydrogens is 262 g/mol. The second kappa shape index (κ2) is 5.09. The largest absolute Gasteiger partial charge is 0.384 e. The molecule has 3 rings (SSSR count). The number of aromatic nitrogens is 3. The van der Waals surface area contributed by atoms with Crippen LogP contribution in [0.5, 0.6) is 0 Å². The third-order valence-electron chi connectivity index (χ3n) is 3.64. The lowest BCUT2D eigenvalue weighted by molar-refractivity contribution is 0.557. The third kappa shape index (κ3) is 2.81. The predicted octanol–water partition coefficient (Wildman–Crippen LogP) is 2.70. The number of hydrogen-bond donors (Lipinski definition) is 2. The lowest BCUT2D eigenvalue weighted by atomic mass is 9.84. The molecule has 0 aliphatic heterocycles. The van der Waals surface area contributed by atoms with Crippen LogP contribution >= 0.6 is 0 Å². The Labute approximate surface area is 123 Å². The van der Waals surface area contributed by atoms with Gasteiger partial charge in [-0.15, -0.1) is 5.10 Å². The lowest BCUT2D eigenvalue weighted by Crippen LogP contribution is -2.27. The number of fused-ring (bicyclic) bond motifs is 1. The maximum atomic E-state index is 5.60. The summed E-state index contributed by atoms with van der Waals surface area (Å²) in [6, 6.07) is 14.4. The van der Waals surface area contributed by atoms with Gasteiger partial charge >= 0.3 is 0 Å². The van der Waals surface area contributed by atoms with Crippen molar-refractivity contribution in [2.24, 2.45) is 0 Å². The molecule has 21 heavy (non-hydrogen) atoms. The summed E-state index contributed by atoms with van der Waals surface area (Å²) < 4.78 is 1.67. The molecule has 0 aliphatic rings. The second-order valence-electron chi connectivity index (χ2n) is 5.79. The maximum Gasteiger partial charge on any atom is 0.240 e. The van der Waals surface area contributed by atoms with Gasteiger partial charge in [0.25, 0.3) is 0 Å². The summed E-state index contributed by atoms with van der Waals surface area (Å²) >= 11 is 0. The third-order valence-corrected chi connectivity index (χ3v) is 3.64. The minimum atomic E-state index is 0.0418. The fourth-order valence-electron chi connectivity index (χ4n) is 2.32. The molecule has 0 radical (unpaired) electrons. The summed E-state index contributed by atoms with van der Waals surface area (Å²) in [5.41, 5.74) is 8.71.